The molecule has 1 aromatic heterocycles. The molecular formula is C15H8ClF2NO2. The largest absolute Gasteiger partial charge is 0.451 e. The van der Waals surface area contributed by atoms with E-state index >= 15 is 0 Å². The second-order valence-electron chi connectivity index (χ2n) is 4.37. The Morgan fingerprint density at radius 3 is 2.67 bits per heavy atom. The Labute approximate surface area is 123 Å². The number of hydrogen-bond donors (Lipinski definition) is 1. The number of benzene rings is 2. The molecule has 1 N–H and O–H groups in total. The Morgan fingerprint density at radius 2 is 1.90 bits per heavy atom. The van der Waals surface area contributed by atoms with E-state index in [1.807, 2.05) is 0 Å². The molecule has 106 valence electrons. The summed E-state index contributed by atoms with van der Waals surface area (Å²) in [5.41, 5.74) is 0.365. The summed E-state index contributed by atoms with van der Waals surface area (Å²) in [7, 11) is 0. The third kappa shape index (κ3) is 2.73. The molecule has 0 radical (unpaired) electrons. The van der Waals surface area contributed by atoms with E-state index in [-0.39, 0.29) is 11.4 Å². The van der Waals surface area contributed by atoms with Gasteiger partial charge in [-0.15, -0.1) is 0 Å². The molecule has 21 heavy (non-hydrogen) atoms. The van der Waals surface area contributed by atoms with Crippen molar-refractivity contribution >= 4 is 34.2 Å². The smallest absolute Gasteiger partial charge is 0.291 e. The van der Waals surface area contributed by atoms with Gasteiger partial charge < -0.3 is 9.73 Å². The molecule has 0 aliphatic carbocycles. The number of nitrogens with one attached hydrogen (secondary N) is 1. The minimum atomic E-state index is -0.859. The van der Waals surface area contributed by atoms with Crippen LogP contribution in [0, 0.1) is 11.6 Å². The van der Waals surface area contributed by atoms with Gasteiger partial charge in [0.15, 0.2) is 5.76 Å². The van der Waals surface area contributed by atoms with Gasteiger partial charge in [-0.1, -0.05) is 11.6 Å². The minimum absolute atomic E-state index is 0.0102. The van der Waals surface area contributed by atoms with Crippen LogP contribution in [0.1, 0.15) is 10.6 Å². The van der Waals surface area contributed by atoms with Crippen molar-refractivity contribution in [3.05, 3.63) is 64.9 Å². The van der Waals surface area contributed by atoms with Gasteiger partial charge in [0.05, 0.1) is 5.69 Å². The fraction of sp³-hybridized carbons (Fsp3) is 0. The number of fused-ring (bicyclic) bond motifs is 1. The van der Waals surface area contributed by atoms with Crippen LogP contribution in [-0.4, -0.2) is 5.91 Å². The quantitative estimate of drug-likeness (QED) is 0.751. The van der Waals surface area contributed by atoms with Crippen molar-refractivity contribution in [2.24, 2.45) is 0 Å². The van der Waals surface area contributed by atoms with E-state index in [1.165, 1.54) is 6.07 Å². The molecule has 0 atom stereocenters. The zero-order chi connectivity index (χ0) is 15.0. The number of furan rings is 1. The highest BCUT2D eigenvalue weighted by atomic mass is 35.5. The van der Waals surface area contributed by atoms with E-state index in [0.29, 0.717) is 22.1 Å². The summed E-state index contributed by atoms with van der Waals surface area (Å²) >= 11 is 5.85. The maximum atomic E-state index is 13.5. The van der Waals surface area contributed by atoms with Crippen LogP contribution in [0.2, 0.25) is 5.02 Å². The average Bonchev–Trinajstić information content (AvgIpc) is 2.85. The van der Waals surface area contributed by atoms with E-state index in [1.54, 1.807) is 18.2 Å². The predicted molar refractivity (Wildman–Crippen MR) is 75.5 cm³/mol. The molecule has 1 heterocycles. The minimum Gasteiger partial charge on any atom is -0.451 e. The Morgan fingerprint density at radius 1 is 1.10 bits per heavy atom. The molecule has 0 unspecified atom stereocenters. The summed E-state index contributed by atoms with van der Waals surface area (Å²) < 4.78 is 31.6. The van der Waals surface area contributed by atoms with Crippen LogP contribution >= 0.6 is 11.6 Å². The van der Waals surface area contributed by atoms with E-state index < -0.39 is 17.5 Å². The molecule has 0 bridgehead atoms. The standard InChI is InChI=1S/C15H8ClF2NO2/c16-9-1-4-13-8(5-9)6-14(21-13)15(20)19-12-3-2-10(17)7-11(12)18/h1-7H,(H,19,20). The van der Waals surface area contributed by atoms with Crippen LogP contribution in [-0.2, 0) is 0 Å². The molecule has 0 aliphatic heterocycles. The van der Waals surface area contributed by atoms with Crippen molar-refractivity contribution in [3.8, 4) is 0 Å². The van der Waals surface area contributed by atoms with Crippen molar-refractivity contribution in [3.63, 3.8) is 0 Å². The van der Waals surface area contributed by atoms with Crippen LogP contribution in [0.5, 0.6) is 0 Å². The van der Waals surface area contributed by atoms with Crippen molar-refractivity contribution in [1.29, 1.82) is 0 Å². The Balaban J connectivity index is 1.89. The lowest BCUT2D eigenvalue weighted by Crippen LogP contribution is -2.12. The monoisotopic (exact) mass is 307 g/mol. The van der Waals surface area contributed by atoms with E-state index in [0.717, 1.165) is 12.1 Å². The van der Waals surface area contributed by atoms with Gasteiger partial charge in [0, 0.05) is 16.5 Å². The van der Waals surface area contributed by atoms with Crippen molar-refractivity contribution in [2.75, 3.05) is 5.32 Å². The predicted octanol–water partition coefficient (Wildman–Crippen LogP) is 4.62. The second kappa shape index (κ2) is 5.18. The first-order valence-corrected chi connectivity index (χ1v) is 6.36. The molecule has 2 aromatic carbocycles. The number of hydrogen-bond acceptors (Lipinski definition) is 2. The Kier molecular flexibility index (Phi) is 3.35. The fourth-order valence-electron chi connectivity index (χ4n) is 1.90. The molecule has 0 saturated carbocycles. The number of anilines is 1. The molecule has 3 nitrogen and oxygen atoms in total. The first-order chi connectivity index (χ1) is 10.0. The third-order valence-electron chi connectivity index (χ3n) is 2.88. The molecule has 0 fully saturated rings. The number of rotatable bonds is 2. The van der Waals surface area contributed by atoms with Crippen LogP contribution in [0.25, 0.3) is 11.0 Å². The summed E-state index contributed by atoms with van der Waals surface area (Å²) in [4.78, 5) is 12.0. The zero-order valence-corrected chi connectivity index (χ0v) is 11.2. The molecule has 0 aliphatic rings. The van der Waals surface area contributed by atoms with Crippen LogP contribution in [0.15, 0.2) is 46.9 Å². The normalized spacial score (nSPS) is 10.8. The maximum absolute atomic E-state index is 13.5. The van der Waals surface area contributed by atoms with Crippen LogP contribution in [0.3, 0.4) is 0 Å². The highest BCUT2D eigenvalue weighted by Gasteiger charge is 2.14. The zero-order valence-electron chi connectivity index (χ0n) is 10.5. The summed E-state index contributed by atoms with van der Waals surface area (Å²) in [6.45, 7) is 0. The highest BCUT2D eigenvalue weighted by Crippen LogP contribution is 2.24. The van der Waals surface area contributed by atoms with Crippen LogP contribution < -0.4 is 5.32 Å². The summed E-state index contributed by atoms with van der Waals surface area (Å²) in [5, 5.41) is 3.50. The van der Waals surface area contributed by atoms with Gasteiger partial charge >= 0.3 is 0 Å². The third-order valence-corrected chi connectivity index (χ3v) is 3.12. The molecule has 6 heteroatoms. The number of amides is 1. The molecule has 0 spiro atoms. The van der Waals surface area contributed by atoms with Crippen LogP contribution in [0.4, 0.5) is 14.5 Å². The first kappa shape index (κ1) is 13.6. The molecule has 3 rings (SSSR count). The SMILES string of the molecule is O=C(Nc1ccc(F)cc1F)c1cc2cc(Cl)ccc2o1. The lowest BCUT2D eigenvalue weighted by atomic mass is 10.2. The number of carbonyl (C=O) groups excluding carboxylic acids is 1. The Hall–Kier alpha value is -2.40. The molecule has 0 saturated heterocycles. The average molecular weight is 308 g/mol. The summed E-state index contributed by atoms with van der Waals surface area (Å²) in [5.74, 6) is -2.20. The summed E-state index contributed by atoms with van der Waals surface area (Å²) in [6, 6.07) is 9.29. The molecular weight excluding hydrogens is 300 g/mol. The van der Waals surface area contributed by atoms with E-state index in [2.05, 4.69) is 5.32 Å². The topological polar surface area (TPSA) is 42.2 Å². The molecule has 3 aromatic rings. The van der Waals surface area contributed by atoms with Gasteiger partial charge in [-0.25, -0.2) is 8.78 Å². The highest BCUT2D eigenvalue weighted by molar-refractivity contribution is 6.31. The lowest BCUT2D eigenvalue weighted by Gasteiger charge is -2.04. The van der Waals surface area contributed by atoms with E-state index in [9.17, 15) is 13.6 Å². The van der Waals surface area contributed by atoms with Gasteiger partial charge in [-0.05, 0) is 36.4 Å². The van der Waals surface area contributed by atoms with Crippen molar-refractivity contribution in [1.82, 2.24) is 0 Å². The number of halogens is 3. The summed E-state index contributed by atoms with van der Waals surface area (Å²) in [6.07, 6.45) is 0. The first-order valence-electron chi connectivity index (χ1n) is 5.98. The van der Waals surface area contributed by atoms with Gasteiger partial charge in [-0.3, -0.25) is 4.79 Å². The van der Waals surface area contributed by atoms with Gasteiger partial charge in [-0.2, -0.15) is 0 Å². The lowest BCUT2D eigenvalue weighted by molar-refractivity contribution is 0.0998. The van der Waals surface area contributed by atoms with Crippen molar-refractivity contribution in [2.45, 2.75) is 0 Å². The molecule has 1 amide bonds. The maximum Gasteiger partial charge on any atom is 0.291 e. The fourth-order valence-corrected chi connectivity index (χ4v) is 2.08. The van der Waals surface area contributed by atoms with E-state index in [4.69, 9.17) is 16.0 Å². The number of carbonyl (C=O) groups is 1. The second-order valence-corrected chi connectivity index (χ2v) is 4.81. The van der Waals surface area contributed by atoms with Crippen molar-refractivity contribution < 1.29 is 18.0 Å². The van der Waals surface area contributed by atoms with Gasteiger partial charge in [0.1, 0.15) is 17.2 Å². The van der Waals surface area contributed by atoms with Gasteiger partial charge in [0.25, 0.3) is 5.91 Å². The Bertz CT molecular complexity index is 845. The van der Waals surface area contributed by atoms with Gasteiger partial charge in [0.2, 0.25) is 0 Å².